The third-order valence-electron chi connectivity index (χ3n) is 0.707. The first-order valence-electron chi connectivity index (χ1n) is 2.75. The lowest BCUT2D eigenvalue weighted by Gasteiger charge is -2.01. The van der Waals surface area contributed by atoms with Crippen LogP contribution in [0.1, 0.15) is 0 Å². The van der Waals surface area contributed by atoms with Crippen LogP contribution >= 0.6 is 0 Å². The van der Waals surface area contributed by atoms with Crippen molar-refractivity contribution in [2.45, 2.75) is 0 Å². The fraction of sp³-hybridized carbons (Fsp3) is 0.500. The van der Waals surface area contributed by atoms with Crippen molar-refractivity contribution < 1.29 is 0 Å². The third kappa shape index (κ3) is 5.03. The molecule has 0 radical (unpaired) electrons. The van der Waals surface area contributed by atoms with E-state index in [1.54, 1.807) is 6.34 Å². The number of hydrogen-bond donors (Lipinski definition) is 1. The molecule has 0 aliphatic rings. The van der Waals surface area contributed by atoms with E-state index in [1.165, 1.54) is 0 Å². The molecule has 52 valence electrons. The summed E-state index contributed by atoms with van der Waals surface area (Å²) < 4.78 is 0. The summed E-state index contributed by atoms with van der Waals surface area (Å²) in [6.45, 7) is 4.02. The summed E-state index contributed by atoms with van der Waals surface area (Å²) in [5.41, 5.74) is 5.92. The molecule has 0 heterocycles. The first kappa shape index (κ1) is 8.17. The minimum atomic E-state index is 0.421. The molecule has 3 heteroatoms. The van der Waals surface area contributed by atoms with Crippen molar-refractivity contribution in [3.63, 3.8) is 0 Å². The van der Waals surface area contributed by atoms with Crippen LogP contribution in [0.2, 0.25) is 0 Å². The molecule has 0 saturated heterocycles. The summed E-state index contributed by atoms with van der Waals surface area (Å²) in [6.07, 6.45) is 1.68. The predicted molar refractivity (Wildman–Crippen MR) is 40.4 cm³/mol. The molecule has 3 nitrogen and oxygen atoms in total. The molecule has 0 aromatic heterocycles. The van der Waals surface area contributed by atoms with Crippen molar-refractivity contribution in [3.8, 4) is 0 Å². The second-order valence-corrected chi connectivity index (χ2v) is 1.98. The first-order valence-corrected chi connectivity index (χ1v) is 2.75. The molecule has 0 aliphatic heterocycles. The molecule has 0 aromatic rings. The molecule has 9 heavy (non-hydrogen) atoms. The van der Waals surface area contributed by atoms with Gasteiger partial charge in [0, 0.05) is 26.3 Å². The summed E-state index contributed by atoms with van der Waals surface area (Å²) >= 11 is 0. The highest BCUT2D eigenvalue weighted by Crippen LogP contribution is 1.84. The average Bonchev–Trinajstić information content (AvgIpc) is 1.83. The minimum Gasteiger partial charge on any atom is -0.369 e. The van der Waals surface area contributed by atoms with Crippen molar-refractivity contribution in [1.29, 1.82) is 0 Å². The zero-order valence-corrected chi connectivity index (χ0v) is 5.96. The van der Waals surface area contributed by atoms with Gasteiger partial charge in [-0.15, -0.1) is 0 Å². The largest absolute Gasteiger partial charge is 0.369 e. The fourth-order valence-electron chi connectivity index (χ4n) is 0.250. The highest BCUT2D eigenvalue weighted by atomic mass is 15.1. The first-order chi connectivity index (χ1) is 4.16. The number of aliphatic imine (C=N–C) groups is 1. The number of nitrogens with zero attached hydrogens (tertiary/aromatic N) is 2. The summed E-state index contributed by atoms with van der Waals surface area (Å²) in [7, 11) is 3.79. The topological polar surface area (TPSA) is 41.6 Å². The molecule has 0 aromatic carbocycles. The van der Waals surface area contributed by atoms with Crippen LogP contribution in [-0.4, -0.2) is 31.9 Å². The Kier molecular flexibility index (Phi) is 3.71. The van der Waals surface area contributed by atoms with E-state index in [4.69, 9.17) is 5.73 Å². The maximum absolute atomic E-state index is 5.23. The van der Waals surface area contributed by atoms with Crippen LogP contribution in [0, 0.1) is 0 Å². The Morgan fingerprint density at radius 2 is 2.33 bits per heavy atom. The van der Waals surface area contributed by atoms with E-state index in [-0.39, 0.29) is 0 Å². The van der Waals surface area contributed by atoms with Gasteiger partial charge in [0.05, 0.1) is 6.34 Å². The van der Waals surface area contributed by atoms with Gasteiger partial charge in [-0.25, -0.2) is 4.99 Å². The average molecular weight is 127 g/mol. The number of hydrogen-bond acceptors (Lipinski definition) is 2. The van der Waals surface area contributed by atoms with E-state index < -0.39 is 0 Å². The van der Waals surface area contributed by atoms with E-state index in [9.17, 15) is 0 Å². The Morgan fingerprint density at radius 3 is 2.67 bits per heavy atom. The van der Waals surface area contributed by atoms with Crippen molar-refractivity contribution >= 4 is 6.34 Å². The number of nitrogens with two attached hydrogens (primary N) is 1. The molecule has 0 saturated carbocycles. The van der Waals surface area contributed by atoms with Crippen LogP contribution in [0.25, 0.3) is 0 Å². The van der Waals surface area contributed by atoms with Crippen LogP contribution in [0.3, 0.4) is 0 Å². The highest BCUT2D eigenvalue weighted by molar-refractivity contribution is 5.55. The van der Waals surface area contributed by atoms with E-state index in [1.807, 2.05) is 19.0 Å². The van der Waals surface area contributed by atoms with Gasteiger partial charge in [-0.05, 0) is 0 Å². The quantitative estimate of drug-likeness (QED) is 0.430. The summed E-state index contributed by atoms with van der Waals surface area (Å²) in [5, 5.41) is 0. The molecule has 0 unspecified atom stereocenters. The lowest BCUT2D eigenvalue weighted by molar-refractivity contribution is 0.641. The van der Waals surface area contributed by atoms with Gasteiger partial charge in [0.1, 0.15) is 0 Å². The van der Waals surface area contributed by atoms with E-state index in [0.717, 1.165) is 0 Å². The van der Waals surface area contributed by atoms with Crippen LogP contribution in [0.4, 0.5) is 0 Å². The zero-order valence-electron chi connectivity index (χ0n) is 5.96. The van der Waals surface area contributed by atoms with Gasteiger partial charge in [-0.2, -0.15) is 0 Å². The maximum Gasteiger partial charge on any atom is 0.0903 e. The highest BCUT2D eigenvalue weighted by Gasteiger charge is 1.81. The second-order valence-electron chi connectivity index (χ2n) is 1.98. The van der Waals surface area contributed by atoms with Gasteiger partial charge in [0.25, 0.3) is 0 Å². The van der Waals surface area contributed by atoms with Gasteiger partial charge >= 0.3 is 0 Å². The van der Waals surface area contributed by atoms with Gasteiger partial charge in [-0.3, -0.25) is 0 Å². The molecule has 0 fully saturated rings. The molecular weight excluding hydrogens is 114 g/mol. The van der Waals surface area contributed by atoms with Gasteiger partial charge < -0.3 is 10.6 Å². The summed E-state index contributed by atoms with van der Waals surface area (Å²) in [5.74, 6) is 0. The molecule has 0 amide bonds. The second kappa shape index (κ2) is 4.09. The predicted octanol–water partition coefficient (Wildman–Crippen LogP) is 0.0487. The van der Waals surface area contributed by atoms with Gasteiger partial charge in [0.2, 0.25) is 0 Å². The molecule has 0 atom stereocenters. The molecular formula is C6H13N3. The number of rotatable bonds is 3. The molecule has 2 N–H and O–H groups in total. The van der Waals surface area contributed by atoms with Crippen LogP contribution in [0.15, 0.2) is 17.3 Å². The lowest BCUT2D eigenvalue weighted by atomic mass is 10.5. The Morgan fingerprint density at radius 1 is 1.78 bits per heavy atom. The zero-order chi connectivity index (χ0) is 7.28. The van der Waals surface area contributed by atoms with Crippen LogP contribution in [0.5, 0.6) is 0 Å². The van der Waals surface area contributed by atoms with Crippen molar-refractivity contribution in [3.05, 3.63) is 12.3 Å². The van der Waals surface area contributed by atoms with Crippen LogP contribution < -0.4 is 5.73 Å². The molecule has 0 rings (SSSR count). The lowest BCUT2D eigenvalue weighted by Crippen LogP contribution is -2.09. The standard InChI is InChI=1S/C6H13N3/c1-6(4-7)8-5-9(2)3/h5H,1,4,7H2,2-3H3/b8-5-. The summed E-state index contributed by atoms with van der Waals surface area (Å²) in [4.78, 5) is 5.76. The Balaban J connectivity index is 3.57. The Bertz CT molecular complexity index is 115. The van der Waals surface area contributed by atoms with Crippen LogP contribution in [-0.2, 0) is 0 Å². The molecule has 0 aliphatic carbocycles. The van der Waals surface area contributed by atoms with Crippen molar-refractivity contribution in [2.24, 2.45) is 10.7 Å². The fourth-order valence-corrected chi connectivity index (χ4v) is 0.250. The Labute approximate surface area is 55.9 Å². The minimum absolute atomic E-state index is 0.421. The smallest absolute Gasteiger partial charge is 0.0903 e. The normalized spacial score (nSPS) is 10.1. The third-order valence-corrected chi connectivity index (χ3v) is 0.707. The Hall–Kier alpha value is -0.830. The monoisotopic (exact) mass is 127 g/mol. The van der Waals surface area contributed by atoms with Crippen molar-refractivity contribution in [2.75, 3.05) is 20.6 Å². The summed E-state index contributed by atoms with van der Waals surface area (Å²) in [6, 6.07) is 0. The van der Waals surface area contributed by atoms with Gasteiger partial charge in [-0.1, -0.05) is 6.58 Å². The maximum atomic E-state index is 5.23. The van der Waals surface area contributed by atoms with E-state index in [2.05, 4.69) is 11.6 Å². The molecule has 0 bridgehead atoms. The SMILES string of the molecule is C=C(CN)/N=C\N(C)C. The van der Waals surface area contributed by atoms with Gasteiger partial charge in [0.15, 0.2) is 0 Å². The van der Waals surface area contributed by atoms with E-state index >= 15 is 0 Å². The van der Waals surface area contributed by atoms with Crippen molar-refractivity contribution in [1.82, 2.24) is 4.90 Å². The molecule has 0 spiro atoms. The van der Waals surface area contributed by atoms with E-state index in [0.29, 0.717) is 12.2 Å².